The van der Waals surface area contributed by atoms with Gasteiger partial charge in [0, 0.05) is 12.1 Å². The molecule has 3 aromatic rings. The average molecular weight is 443 g/mol. The molecule has 1 saturated heterocycles. The summed E-state index contributed by atoms with van der Waals surface area (Å²) < 4.78 is 5.32. The van der Waals surface area contributed by atoms with Gasteiger partial charge in [0.05, 0.1) is 24.3 Å². The lowest BCUT2D eigenvalue weighted by atomic mass is 9.95. The summed E-state index contributed by atoms with van der Waals surface area (Å²) in [4.78, 5) is 38.7. The van der Waals surface area contributed by atoms with Crippen molar-refractivity contribution in [2.75, 3.05) is 7.11 Å². The van der Waals surface area contributed by atoms with E-state index in [-0.39, 0.29) is 23.4 Å². The zero-order valence-electron chi connectivity index (χ0n) is 17.8. The van der Waals surface area contributed by atoms with Gasteiger partial charge < -0.3 is 19.8 Å². The Morgan fingerprint density at radius 2 is 1.61 bits per heavy atom. The van der Waals surface area contributed by atoms with Crippen molar-refractivity contribution in [1.82, 2.24) is 4.90 Å². The number of carboxylic acids is 1. The van der Waals surface area contributed by atoms with E-state index in [1.807, 2.05) is 0 Å². The molecule has 2 N–H and O–H groups in total. The van der Waals surface area contributed by atoms with Gasteiger partial charge in [-0.3, -0.25) is 9.59 Å². The molecule has 1 aliphatic heterocycles. The van der Waals surface area contributed by atoms with Gasteiger partial charge in [-0.1, -0.05) is 54.6 Å². The molecule has 3 aromatic carbocycles. The summed E-state index contributed by atoms with van der Waals surface area (Å²) in [5.74, 6) is -2.30. The molecule has 33 heavy (non-hydrogen) atoms. The fourth-order valence-corrected chi connectivity index (χ4v) is 3.90. The van der Waals surface area contributed by atoms with Crippen LogP contribution in [0.2, 0.25) is 0 Å². The number of ether oxygens (including phenoxy) is 1. The molecule has 1 fully saturated rings. The minimum Gasteiger partial charge on any atom is -0.507 e. The van der Waals surface area contributed by atoms with Crippen molar-refractivity contribution in [2.24, 2.45) is 0 Å². The number of ketones is 1. The van der Waals surface area contributed by atoms with E-state index in [2.05, 4.69) is 0 Å². The lowest BCUT2D eigenvalue weighted by Crippen LogP contribution is -2.29. The van der Waals surface area contributed by atoms with Crippen molar-refractivity contribution < 1.29 is 29.3 Å². The second-order valence-corrected chi connectivity index (χ2v) is 7.57. The normalized spacial score (nSPS) is 17.2. The van der Waals surface area contributed by atoms with Crippen LogP contribution in [0.15, 0.2) is 84.4 Å². The lowest BCUT2D eigenvalue weighted by molar-refractivity contribution is -0.140. The minimum absolute atomic E-state index is 0.0124. The monoisotopic (exact) mass is 443 g/mol. The van der Waals surface area contributed by atoms with Crippen LogP contribution in [0.1, 0.15) is 33.1 Å². The summed E-state index contributed by atoms with van der Waals surface area (Å²) in [5, 5.41) is 20.2. The van der Waals surface area contributed by atoms with Gasteiger partial charge in [-0.25, -0.2) is 4.79 Å². The SMILES string of the molecule is COc1cccc(C2/C(=C(\O)c3ccccc3)C(=O)C(=O)N2Cc2ccc(C(=O)O)cc2)c1. The molecule has 1 heterocycles. The number of carboxylic acid groups (broad SMARTS) is 1. The van der Waals surface area contributed by atoms with Crippen LogP contribution >= 0.6 is 0 Å². The Morgan fingerprint density at radius 3 is 2.24 bits per heavy atom. The molecule has 0 saturated carbocycles. The predicted molar refractivity (Wildman–Crippen MR) is 121 cm³/mol. The van der Waals surface area contributed by atoms with Crippen LogP contribution in [0.25, 0.3) is 5.76 Å². The number of hydrogen-bond donors (Lipinski definition) is 2. The van der Waals surface area contributed by atoms with E-state index < -0.39 is 23.7 Å². The predicted octanol–water partition coefficient (Wildman–Crippen LogP) is 4.02. The van der Waals surface area contributed by atoms with Crippen molar-refractivity contribution in [3.63, 3.8) is 0 Å². The zero-order valence-corrected chi connectivity index (χ0v) is 17.8. The van der Waals surface area contributed by atoms with Crippen LogP contribution in [0.3, 0.4) is 0 Å². The summed E-state index contributed by atoms with van der Waals surface area (Å²) in [7, 11) is 1.52. The Morgan fingerprint density at radius 1 is 0.909 bits per heavy atom. The number of nitrogens with zero attached hydrogens (tertiary/aromatic N) is 1. The van der Waals surface area contributed by atoms with Crippen molar-refractivity contribution >= 4 is 23.4 Å². The molecule has 0 aromatic heterocycles. The lowest BCUT2D eigenvalue weighted by Gasteiger charge is -2.25. The first-order valence-electron chi connectivity index (χ1n) is 10.2. The first-order valence-corrected chi connectivity index (χ1v) is 10.2. The third-order valence-electron chi connectivity index (χ3n) is 5.55. The Labute approximate surface area is 190 Å². The smallest absolute Gasteiger partial charge is 0.335 e. The molecule has 166 valence electrons. The Kier molecular flexibility index (Phi) is 5.95. The standard InChI is InChI=1S/C26H21NO6/c1-33-20-9-5-8-19(14-20)22-21(23(28)17-6-3-2-4-7-17)24(29)25(30)27(22)15-16-10-12-18(13-11-16)26(31)32/h2-14,22,28H,15H2,1H3,(H,31,32)/b23-21+. The van der Waals surface area contributed by atoms with Gasteiger partial charge in [0.25, 0.3) is 11.7 Å². The molecule has 4 rings (SSSR count). The van der Waals surface area contributed by atoms with Gasteiger partial charge >= 0.3 is 5.97 Å². The number of methoxy groups -OCH3 is 1. The second kappa shape index (κ2) is 9.00. The van der Waals surface area contributed by atoms with E-state index >= 15 is 0 Å². The molecule has 1 atom stereocenters. The number of Topliss-reactive ketones (excluding diaryl/α,β-unsaturated/α-hetero) is 1. The highest BCUT2D eigenvalue weighted by Gasteiger charge is 2.46. The quantitative estimate of drug-likeness (QED) is 0.339. The van der Waals surface area contributed by atoms with E-state index in [1.54, 1.807) is 66.7 Å². The first kappa shape index (κ1) is 21.8. The van der Waals surface area contributed by atoms with Crippen LogP contribution in [0.4, 0.5) is 0 Å². The number of aliphatic hydroxyl groups is 1. The van der Waals surface area contributed by atoms with Gasteiger partial charge in [0.2, 0.25) is 0 Å². The summed E-state index contributed by atoms with van der Waals surface area (Å²) in [6, 6.07) is 20.8. The van der Waals surface area contributed by atoms with Crippen LogP contribution in [-0.2, 0) is 16.1 Å². The Balaban J connectivity index is 1.83. The van der Waals surface area contributed by atoms with Crippen molar-refractivity contribution in [2.45, 2.75) is 12.6 Å². The summed E-state index contributed by atoms with van der Waals surface area (Å²) in [6.07, 6.45) is 0. The van der Waals surface area contributed by atoms with Gasteiger partial charge in [-0.15, -0.1) is 0 Å². The maximum Gasteiger partial charge on any atom is 0.335 e. The number of aliphatic hydroxyl groups excluding tert-OH is 1. The number of amides is 1. The molecule has 0 spiro atoms. The Bertz CT molecular complexity index is 1250. The van der Waals surface area contributed by atoms with Crippen LogP contribution in [0, 0.1) is 0 Å². The number of rotatable bonds is 6. The molecule has 0 bridgehead atoms. The topological polar surface area (TPSA) is 104 Å². The van der Waals surface area contributed by atoms with E-state index in [1.165, 1.54) is 24.1 Å². The molecule has 0 aliphatic carbocycles. The largest absolute Gasteiger partial charge is 0.507 e. The molecule has 0 radical (unpaired) electrons. The number of carbonyl (C=O) groups excluding carboxylic acids is 2. The fraction of sp³-hybridized carbons (Fsp3) is 0.115. The molecular formula is C26H21NO6. The third-order valence-corrected chi connectivity index (χ3v) is 5.55. The highest BCUT2D eigenvalue weighted by atomic mass is 16.5. The number of likely N-dealkylation sites (tertiary alicyclic amines) is 1. The number of benzene rings is 3. The third kappa shape index (κ3) is 4.21. The van der Waals surface area contributed by atoms with Crippen molar-refractivity contribution in [3.8, 4) is 5.75 Å². The Hall–Kier alpha value is -4.39. The van der Waals surface area contributed by atoms with E-state index in [9.17, 15) is 19.5 Å². The highest BCUT2D eigenvalue weighted by Crippen LogP contribution is 2.41. The molecular weight excluding hydrogens is 422 g/mol. The second-order valence-electron chi connectivity index (χ2n) is 7.57. The van der Waals surface area contributed by atoms with E-state index in [4.69, 9.17) is 9.84 Å². The van der Waals surface area contributed by atoms with Gasteiger partial charge in [0.1, 0.15) is 11.5 Å². The van der Waals surface area contributed by atoms with Crippen molar-refractivity contribution in [3.05, 3.63) is 107 Å². The fourth-order valence-electron chi connectivity index (χ4n) is 3.90. The van der Waals surface area contributed by atoms with Gasteiger partial charge in [-0.2, -0.15) is 0 Å². The van der Waals surface area contributed by atoms with E-state index in [0.29, 0.717) is 22.4 Å². The molecule has 1 unspecified atom stereocenters. The van der Waals surface area contributed by atoms with Gasteiger partial charge in [0.15, 0.2) is 0 Å². The maximum atomic E-state index is 13.1. The van der Waals surface area contributed by atoms with Crippen LogP contribution in [-0.4, -0.2) is 39.9 Å². The van der Waals surface area contributed by atoms with Crippen LogP contribution in [0.5, 0.6) is 5.75 Å². The molecule has 1 aliphatic rings. The molecule has 7 nitrogen and oxygen atoms in total. The number of carbonyl (C=O) groups is 3. The average Bonchev–Trinajstić information content (AvgIpc) is 3.09. The van der Waals surface area contributed by atoms with E-state index in [0.717, 1.165) is 0 Å². The molecule has 1 amide bonds. The maximum absolute atomic E-state index is 13.1. The van der Waals surface area contributed by atoms with Crippen molar-refractivity contribution in [1.29, 1.82) is 0 Å². The van der Waals surface area contributed by atoms with Crippen LogP contribution < -0.4 is 4.74 Å². The minimum atomic E-state index is -1.05. The summed E-state index contributed by atoms with van der Waals surface area (Å²) >= 11 is 0. The zero-order chi connectivity index (χ0) is 23.5. The first-order chi connectivity index (χ1) is 15.9. The summed E-state index contributed by atoms with van der Waals surface area (Å²) in [6.45, 7) is 0.0535. The highest BCUT2D eigenvalue weighted by molar-refractivity contribution is 6.46. The molecule has 7 heteroatoms. The van der Waals surface area contributed by atoms with Gasteiger partial charge in [-0.05, 0) is 35.4 Å². The number of aromatic carboxylic acids is 1. The summed E-state index contributed by atoms with van der Waals surface area (Å²) in [5.41, 5.74) is 1.78. The number of hydrogen-bond acceptors (Lipinski definition) is 5.